The van der Waals surface area contributed by atoms with Gasteiger partial charge in [-0.15, -0.1) is 0 Å². The van der Waals surface area contributed by atoms with Gasteiger partial charge in [0.25, 0.3) is 0 Å². The van der Waals surface area contributed by atoms with E-state index in [9.17, 15) is 0 Å². The largest absolute Gasteiger partial charge is 0.371 e. The van der Waals surface area contributed by atoms with E-state index in [1.54, 1.807) is 0 Å². The van der Waals surface area contributed by atoms with Crippen LogP contribution >= 0.6 is 27.7 Å². The lowest BCUT2D eigenvalue weighted by atomic mass is 10.1. The molecule has 0 heterocycles. The fourth-order valence-electron chi connectivity index (χ4n) is 1.96. The molecular weight excluding hydrogens is 320 g/mol. The predicted octanol–water partition coefficient (Wildman–Crippen LogP) is 4.31. The van der Waals surface area contributed by atoms with Crippen LogP contribution in [0.4, 0.5) is 5.69 Å². The zero-order valence-electron chi connectivity index (χ0n) is 12.5. The Bertz CT molecular complexity index is 398. The van der Waals surface area contributed by atoms with E-state index in [1.165, 1.54) is 27.9 Å². The molecule has 0 spiro atoms. The highest BCUT2D eigenvalue weighted by Crippen LogP contribution is 2.30. The number of hydrogen-bond donors (Lipinski definition) is 1. The molecule has 1 rings (SSSR count). The van der Waals surface area contributed by atoms with Crippen LogP contribution < -0.4 is 10.2 Å². The number of rotatable bonds is 7. The molecule has 108 valence electrons. The van der Waals surface area contributed by atoms with Crippen LogP contribution in [0.1, 0.15) is 31.9 Å². The molecule has 2 nitrogen and oxygen atoms in total. The van der Waals surface area contributed by atoms with Crippen molar-refractivity contribution >= 4 is 33.4 Å². The Labute approximate surface area is 130 Å². The van der Waals surface area contributed by atoms with Crippen molar-refractivity contribution in [3.63, 3.8) is 0 Å². The van der Waals surface area contributed by atoms with E-state index in [-0.39, 0.29) is 0 Å². The van der Waals surface area contributed by atoms with Gasteiger partial charge in [-0.1, -0.05) is 6.07 Å². The van der Waals surface area contributed by atoms with Gasteiger partial charge in [-0.05, 0) is 73.0 Å². The predicted molar refractivity (Wildman–Crippen MR) is 92.5 cm³/mol. The minimum Gasteiger partial charge on any atom is -0.371 e. The molecule has 1 aromatic carbocycles. The quantitative estimate of drug-likeness (QED) is 0.793. The molecule has 4 heteroatoms. The summed E-state index contributed by atoms with van der Waals surface area (Å²) in [6.45, 7) is 4.46. The standard InChI is InChI=1S/C15H25BrN2S/c1-11(8-9-19-5)18(4)15-7-6-13(10-14(15)16)12(2)17-3/h6-7,10-12,17H,8-9H2,1-5H3. The molecule has 2 unspecified atom stereocenters. The molecule has 1 aromatic rings. The smallest absolute Gasteiger partial charge is 0.0510 e. The fourth-order valence-corrected chi connectivity index (χ4v) is 3.22. The molecule has 0 aromatic heterocycles. The Morgan fingerprint density at radius 3 is 2.58 bits per heavy atom. The van der Waals surface area contributed by atoms with Crippen LogP contribution in [0.15, 0.2) is 22.7 Å². The number of hydrogen-bond acceptors (Lipinski definition) is 3. The maximum atomic E-state index is 3.71. The van der Waals surface area contributed by atoms with E-state index < -0.39 is 0 Å². The summed E-state index contributed by atoms with van der Waals surface area (Å²) in [5.74, 6) is 1.21. The van der Waals surface area contributed by atoms with Gasteiger partial charge in [-0.3, -0.25) is 0 Å². The topological polar surface area (TPSA) is 15.3 Å². The monoisotopic (exact) mass is 344 g/mol. The van der Waals surface area contributed by atoms with Crippen molar-refractivity contribution in [2.24, 2.45) is 0 Å². The summed E-state index contributed by atoms with van der Waals surface area (Å²) in [5.41, 5.74) is 2.57. The highest BCUT2D eigenvalue weighted by molar-refractivity contribution is 9.10. The van der Waals surface area contributed by atoms with Gasteiger partial charge in [0, 0.05) is 23.6 Å². The highest BCUT2D eigenvalue weighted by Gasteiger charge is 2.14. The van der Waals surface area contributed by atoms with Gasteiger partial charge in [-0.25, -0.2) is 0 Å². The molecule has 0 aliphatic heterocycles. The number of halogens is 1. The summed E-state index contributed by atoms with van der Waals surface area (Å²) >= 11 is 5.62. The number of anilines is 1. The lowest BCUT2D eigenvalue weighted by molar-refractivity contribution is 0.649. The van der Waals surface area contributed by atoms with E-state index in [1.807, 2.05) is 18.8 Å². The van der Waals surface area contributed by atoms with Crippen LogP contribution in [0.5, 0.6) is 0 Å². The second kappa shape index (κ2) is 8.18. The van der Waals surface area contributed by atoms with Crippen molar-refractivity contribution < 1.29 is 0 Å². The van der Waals surface area contributed by atoms with E-state index in [4.69, 9.17) is 0 Å². The average Bonchev–Trinajstić information content (AvgIpc) is 2.42. The Kier molecular flexibility index (Phi) is 7.26. The molecule has 1 N–H and O–H groups in total. The molecule has 0 saturated carbocycles. The van der Waals surface area contributed by atoms with E-state index in [2.05, 4.69) is 71.5 Å². The first-order valence-corrected chi connectivity index (χ1v) is 8.88. The van der Waals surface area contributed by atoms with Crippen LogP contribution in [0, 0.1) is 0 Å². The third-order valence-corrected chi connectivity index (χ3v) is 4.96. The number of benzene rings is 1. The fraction of sp³-hybridized carbons (Fsp3) is 0.600. The van der Waals surface area contributed by atoms with E-state index in [0.29, 0.717) is 12.1 Å². The van der Waals surface area contributed by atoms with Crippen molar-refractivity contribution in [3.8, 4) is 0 Å². The van der Waals surface area contributed by atoms with Gasteiger partial charge in [0.1, 0.15) is 0 Å². The number of thioether (sulfide) groups is 1. The van der Waals surface area contributed by atoms with Crippen LogP contribution in [0.25, 0.3) is 0 Å². The molecule has 0 aliphatic rings. The molecule has 0 radical (unpaired) electrons. The molecular formula is C15H25BrN2S. The van der Waals surface area contributed by atoms with Crippen molar-refractivity contribution in [3.05, 3.63) is 28.2 Å². The summed E-state index contributed by atoms with van der Waals surface area (Å²) in [5, 5.41) is 3.27. The van der Waals surface area contributed by atoms with Gasteiger partial charge in [0.2, 0.25) is 0 Å². The second-order valence-electron chi connectivity index (χ2n) is 4.96. The summed E-state index contributed by atoms with van der Waals surface area (Å²) in [7, 11) is 4.16. The molecule has 0 aliphatic carbocycles. The van der Waals surface area contributed by atoms with Crippen LogP contribution in [-0.4, -0.2) is 32.1 Å². The molecule has 0 fully saturated rings. The van der Waals surface area contributed by atoms with Gasteiger partial charge < -0.3 is 10.2 Å². The maximum absolute atomic E-state index is 3.71. The second-order valence-corrected chi connectivity index (χ2v) is 6.80. The zero-order valence-corrected chi connectivity index (χ0v) is 14.9. The molecule has 0 bridgehead atoms. The van der Waals surface area contributed by atoms with Gasteiger partial charge in [0.15, 0.2) is 0 Å². The summed E-state index contributed by atoms with van der Waals surface area (Å²) in [4.78, 5) is 2.36. The zero-order chi connectivity index (χ0) is 14.4. The van der Waals surface area contributed by atoms with Crippen LogP contribution in [-0.2, 0) is 0 Å². The number of nitrogens with zero attached hydrogens (tertiary/aromatic N) is 1. The highest BCUT2D eigenvalue weighted by atomic mass is 79.9. The van der Waals surface area contributed by atoms with E-state index in [0.717, 1.165) is 0 Å². The Balaban J connectivity index is 2.83. The van der Waals surface area contributed by atoms with Crippen LogP contribution in [0.3, 0.4) is 0 Å². The summed E-state index contributed by atoms with van der Waals surface area (Å²) in [6.07, 6.45) is 3.37. The first-order valence-electron chi connectivity index (χ1n) is 6.69. The average molecular weight is 345 g/mol. The third-order valence-electron chi connectivity index (χ3n) is 3.69. The van der Waals surface area contributed by atoms with Gasteiger partial charge >= 0.3 is 0 Å². The summed E-state index contributed by atoms with van der Waals surface area (Å²) < 4.78 is 1.17. The minimum atomic E-state index is 0.379. The Hall–Kier alpha value is -0.190. The van der Waals surface area contributed by atoms with Crippen molar-refractivity contribution in [2.45, 2.75) is 32.4 Å². The lowest BCUT2D eigenvalue weighted by Gasteiger charge is -2.28. The SMILES string of the molecule is CNC(C)c1ccc(N(C)C(C)CCSC)c(Br)c1. The summed E-state index contributed by atoms with van der Waals surface area (Å²) in [6, 6.07) is 7.57. The van der Waals surface area contributed by atoms with Crippen molar-refractivity contribution in [1.29, 1.82) is 0 Å². The van der Waals surface area contributed by atoms with Crippen LogP contribution in [0.2, 0.25) is 0 Å². The maximum Gasteiger partial charge on any atom is 0.0510 e. The number of nitrogens with one attached hydrogen (secondary N) is 1. The lowest BCUT2D eigenvalue weighted by Crippen LogP contribution is -2.29. The first kappa shape index (κ1) is 16.9. The molecule has 0 amide bonds. The van der Waals surface area contributed by atoms with Gasteiger partial charge in [-0.2, -0.15) is 11.8 Å². The Morgan fingerprint density at radius 2 is 2.05 bits per heavy atom. The molecule has 19 heavy (non-hydrogen) atoms. The van der Waals surface area contributed by atoms with Gasteiger partial charge in [0.05, 0.1) is 5.69 Å². The molecule has 0 saturated heterocycles. The van der Waals surface area contributed by atoms with Crippen molar-refractivity contribution in [1.82, 2.24) is 5.32 Å². The molecule has 2 atom stereocenters. The minimum absolute atomic E-state index is 0.379. The first-order chi connectivity index (χ1) is 9.01. The van der Waals surface area contributed by atoms with E-state index >= 15 is 0 Å². The third kappa shape index (κ3) is 4.69. The van der Waals surface area contributed by atoms with Crippen molar-refractivity contribution in [2.75, 3.05) is 31.0 Å². The normalized spacial score (nSPS) is 14.2. The Morgan fingerprint density at radius 1 is 1.37 bits per heavy atom.